The molecule has 0 atom stereocenters. The molecule has 2 rings (SSSR count). The highest BCUT2D eigenvalue weighted by Crippen LogP contribution is 2.13. The van der Waals surface area contributed by atoms with Gasteiger partial charge in [-0.05, 0) is 30.5 Å². The van der Waals surface area contributed by atoms with E-state index >= 15 is 0 Å². The first-order chi connectivity index (χ1) is 9.72. The Morgan fingerprint density at radius 1 is 1.15 bits per heavy atom. The summed E-state index contributed by atoms with van der Waals surface area (Å²) < 4.78 is 0. The summed E-state index contributed by atoms with van der Waals surface area (Å²) in [5.41, 5.74) is 0.838. The van der Waals surface area contributed by atoms with Crippen molar-refractivity contribution < 1.29 is 9.59 Å². The Morgan fingerprint density at radius 3 is 2.50 bits per heavy atom. The van der Waals surface area contributed by atoms with Gasteiger partial charge in [0.1, 0.15) is 0 Å². The fourth-order valence-corrected chi connectivity index (χ4v) is 2.50. The average Bonchev–Trinajstić information content (AvgIpc) is 3.01. The fourth-order valence-electron chi connectivity index (χ4n) is 1.86. The lowest BCUT2D eigenvalue weighted by molar-refractivity contribution is -0.117. The Labute approximate surface area is 122 Å². The molecule has 0 aliphatic carbocycles. The average molecular weight is 288 g/mol. The van der Waals surface area contributed by atoms with Gasteiger partial charge in [-0.15, -0.1) is 11.3 Å². The predicted molar refractivity (Wildman–Crippen MR) is 81.1 cm³/mol. The Morgan fingerprint density at radius 2 is 1.90 bits per heavy atom. The van der Waals surface area contributed by atoms with Crippen LogP contribution in [0, 0.1) is 0 Å². The summed E-state index contributed by atoms with van der Waals surface area (Å²) >= 11 is 1.36. The normalized spacial score (nSPS) is 10.1. The number of carbonyl (C=O) groups is 2. The molecule has 1 N–H and O–H groups in total. The third-order valence-corrected chi connectivity index (χ3v) is 3.70. The molecule has 0 spiro atoms. The number of hydrogen-bond acceptors (Lipinski definition) is 3. The van der Waals surface area contributed by atoms with E-state index in [1.807, 2.05) is 48.7 Å². The molecule has 0 fully saturated rings. The number of anilines is 1. The van der Waals surface area contributed by atoms with Gasteiger partial charge in [-0.2, -0.15) is 0 Å². The molecule has 5 heteroatoms. The lowest BCUT2D eigenvalue weighted by Gasteiger charge is -2.21. The summed E-state index contributed by atoms with van der Waals surface area (Å²) in [4.78, 5) is 26.2. The summed E-state index contributed by atoms with van der Waals surface area (Å²) in [6, 6.07) is 13.0. The van der Waals surface area contributed by atoms with Crippen LogP contribution in [0.4, 0.5) is 5.69 Å². The van der Waals surface area contributed by atoms with Crippen molar-refractivity contribution in [3.05, 3.63) is 52.7 Å². The molecule has 0 aliphatic rings. The fraction of sp³-hybridized carbons (Fsp3) is 0.200. The van der Waals surface area contributed by atoms with E-state index < -0.39 is 0 Å². The van der Waals surface area contributed by atoms with Crippen molar-refractivity contribution in [2.24, 2.45) is 0 Å². The zero-order chi connectivity index (χ0) is 14.4. The first-order valence-corrected chi connectivity index (χ1v) is 7.27. The van der Waals surface area contributed by atoms with Crippen molar-refractivity contribution in [3.8, 4) is 0 Å². The van der Waals surface area contributed by atoms with Crippen LogP contribution in [-0.2, 0) is 4.79 Å². The van der Waals surface area contributed by atoms with Crippen molar-refractivity contribution >= 4 is 28.8 Å². The lowest BCUT2D eigenvalue weighted by atomic mass is 10.3. The zero-order valence-electron chi connectivity index (χ0n) is 11.2. The molecule has 20 heavy (non-hydrogen) atoms. The highest BCUT2D eigenvalue weighted by molar-refractivity contribution is 7.12. The van der Waals surface area contributed by atoms with Gasteiger partial charge in [0.15, 0.2) is 0 Å². The van der Waals surface area contributed by atoms with Gasteiger partial charge in [0.25, 0.3) is 5.91 Å². The number of likely N-dealkylation sites (N-methyl/N-ethyl adjacent to an activating group) is 1. The Balaban J connectivity index is 1.95. The summed E-state index contributed by atoms with van der Waals surface area (Å²) in [5.74, 6) is -0.332. The van der Waals surface area contributed by atoms with Gasteiger partial charge >= 0.3 is 0 Å². The van der Waals surface area contributed by atoms with Gasteiger partial charge in [-0.1, -0.05) is 24.3 Å². The molecule has 0 saturated heterocycles. The van der Waals surface area contributed by atoms with Gasteiger partial charge in [0, 0.05) is 12.2 Å². The second-order valence-electron chi connectivity index (χ2n) is 4.13. The molecule has 1 heterocycles. The van der Waals surface area contributed by atoms with Crippen LogP contribution in [-0.4, -0.2) is 24.9 Å². The summed E-state index contributed by atoms with van der Waals surface area (Å²) in [6.07, 6.45) is 0. The second-order valence-corrected chi connectivity index (χ2v) is 5.08. The van der Waals surface area contributed by atoms with E-state index in [9.17, 15) is 9.59 Å². The lowest BCUT2D eigenvalue weighted by Crippen LogP contribution is -2.40. The summed E-state index contributed by atoms with van der Waals surface area (Å²) in [6.45, 7) is 2.48. The van der Waals surface area contributed by atoms with Crippen molar-refractivity contribution in [1.29, 1.82) is 0 Å². The minimum Gasteiger partial charge on any atom is -0.342 e. The molecule has 0 radical (unpaired) electrons. The van der Waals surface area contributed by atoms with E-state index in [1.165, 1.54) is 11.3 Å². The summed E-state index contributed by atoms with van der Waals surface area (Å²) in [5, 5.41) is 4.48. The maximum Gasteiger partial charge on any atom is 0.261 e. The Hall–Kier alpha value is -2.14. The number of nitrogens with one attached hydrogen (secondary N) is 1. The van der Waals surface area contributed by atoms with E-state index in [1.54, 1.807) is 11.0 Å². The first kappa shape index (κ1) is 14.3. The maximum absolute atomic E-state index is 12.2. The van der Waals surface area contributed by atoms with Crippen molar-refractivity contribution in [3.63, 3.8) is 0 Å². The standard InChI is InChI=1S/C15H16N2O2S/c1-2-17(12-7-4-3-5-8-12)14(18)11-16-15(19)13-9-6-10-20-13/h3-10H,2,11H2,1H3,(H,16,19). The van der Waals surface area contributed by atoms with Crippen LogP contribution in [0.2, 0.25) is 0 Å². The predicted octanol–water partition coefficient (Wildman–Crippen LogP) is 2.53. The van der Waals surface area contributed by atoms with Gasteiger partial charge < -0.3 is 10.2 Å². The molecule has 1 aromatic carbocycles. The van der Waals surface area contributed by atoms with E-state index in [0.717, 1.165) is 5.69 Å². The number of carbonyl (C=O) groups excluding carboxylic acids is 2. The monoisotopic (exact) mass is 288 g/mol. The van der Waals surface area contributed by atoms with Crippen LogP contribution < -0.4 is 10.2 Å². The molecule has 0 aliphatic heterocycles. The number of rotatable bonds is 5. The van der Waals surface area contributed by atoms with Crippen LogP contribution in [0.15, 0.2) is 47.8 Å². The zero-order valence-corrected chi connectivity index (χ0v) is 12.0. The topological polar surface area (TPSA) is 49.4 Å². The van der Waals surface area contributed by atoms with Crippen molar-refractivity contribution in [2.45, 2.75) is 6.92 Å². The molecule has 0 bridgehead atoms. The summed E-state index contributed by atoms with van der Waals surface area (Å²) in [7, 11) is 0. The molecule has 4 nitrogen and oxygen atoms in total. The number of thiophene rings is 1. The van der Waals surface area contributed by atoms with Crippen LogP contribution >= 0.6 is 11.3 Å². The van der Waals surface area contributed by atoms with Crippen molar-refractivity contribution in [2.75, 3.05) is 18.0 Å². The smallest absolute Gasteiger partial charge is 0.261 e. The number of para-hydroxylation sites is 1. The van der Waals surface area contributed by atoms with Gasteiger partial charge in [-0.3, -0.25) is 9.59 Å². The molecule has 1 aromatic heterocycles. The van der Waals surface area contributed by atoms with Crippen LogP contribution in [0.1, 0.15) is 16.6 Å². The SMILES string of the molecule is CCN(C(=O)CNC(=O)c1cccs1)c1ccccc1. The van der Waals surface area contributed by atoms with Crippen LogP contribution in [0.3, 0.4) is 0 Å². The van der Waals surface area contributed by atoms with E-state index in [-0.39, 0.29) is 18.4 Å². The van der Waals surface area contributed by atoms with Gasteiger partial charge in [-0.25, -0.2) is 0 Å². The van der Waals surface area contributed by atoms with Crippen LogP contribution in [0.5, 0.6) is 0 Å². The van der Waals surface area contributed by atoms with Gasteiger partial charge in [0.05, 0.1) is 11.4 Å². The molecule has 0 unspecified atom stereocenters. The largest absolute Gasteiger partial charge is 0.342 e. The van der Waals surface area contributed by atoms with E-state index in [2.05, 4.69) is 5.32 Å². The Bertz CT molecular complexity index is 567. The first-order valence-electron chi connectivity index (χ1n) is 6.39. The maximum atomic E-state index is 12.2. The second kappa shape index (κ2) is 6.86. The number of hydrogen-bond donors (Lipinski definition) is 1. The third-order valence-electron chi connectivity index (χ3n) is 2.83. The van der Waals surface area contributed by atoms with E-state index in [0.29, 0.717) is 11.4 Å². The van der Waals surface area contributed by atoms with Gasteiger partial charge in [0.2, 0.25) is 5.91 Å². The molecular formula is C15H16N2O2S. The quantitative estimate of drug-likeness (QED) is 0.919. The van der Waals surface area contributed by atoms with E-state index in [4.69, 9.17) is 0 Å². The Kier molecular flexibility index (Phi) is 4.90. The number of nitrogens with zero attached hydrogens (tertiary/aromatic N) is 1. The highest BCUT2D eigenvalue weighted by Gasteiger charge is 2.15. The molecule has 0 saturated carbocycles. The number of benzene rings is 1. The highest BCUT2D eigenvalue weighted by atomic mass is 32.1. The van der Waals surface area contributed by atoms with Crippen molar-refractivity contribution in [1.82, 2.24) is 5.32 Å². The number of amides is 2. The molecule has 104 valence electrons. The molecule has 2 amide bonds. The minimum absolute atomic E-state index is 0.000528. The third kappa shape index (κ3) is 3.45. The minimum atomic E-state index is -0.211. The van der Waals surface area contributed by atoms with Crippen LogP contribution in [0.25, 0.3) is 0 Å². The molecular weight excluding hydrogens is 272 g/mol. The molecule has 2 aromatic rings.